The number of alkyl halides is 2. The van der Waals surface area contributed by atoms with Gasteiger partial charge >= 0.3 is 0 Å². The summed E-state index contributed by atoms with van der Waals surface area (Å²) >= 11 is 5.82. The topological polar surface area (TPSA) is 115 Å². The van der Waals surface area contributed by atoms with Crippen molar-refractivity contribution in [2.45, 2.75) is 19.3 Å². The minimum Gasteiger partial charge on any atom is -0.308 e. The summed E-state index contributed by atoms with van der Waals surface area (Å²) in [5, 5.41) is 19.8. The number of halogens is 3. The average Bonchev–Trinajstić information content (AvgIpc) is 3.30. The number of H-pyrrole nitrogens is 1. The minimum atomic E-state index is -2.70. The summed E-state index contributed by atoms with van der Waals surface area (Å²) in [4.78, 5) is 26.0. The number of carbonyl (C=O) groups excluding carboxylic acids is 2. The van der Waals surface area contributed by atoms with Crippen molar-refractivity contribution in [3.8, 4) is 0 Å². The van der Waals surface area contributed by atoms with Crippen molar-refractivity contribution in [2.75, 3.05) is 11.4 Å². The lowest BCUT2D eigenvalue weighted by molar-refractivity contribution is -0.120. The number of anilines is 1. The lowest BCUT2D eigenvalue weighted by atomic mass is 9.94. The van der Waals surface area contributed by atoms with E-state index in [1.807, 2.05) is 0 Å². The zero-order valence-corrected chi connectivity index (χ0v) is 16.5. The third-order valence-electron chi connectivity index (χ3n) is 5.00. The molecule has 0 saturated carbocycles. The van der Waals surface area contributed by atoms with E-state index in [2.05, 4.69) is 10.2 Å². The van der Waals surface area contributed by atoms with E-state index >= 15 is 0 Å². The van der Waals surface area contributed by atoms with Crippen molar-refractivity contribution in [3.05, 3.63) is 51.7 Å². The molecule has 1 aromatic heterocycles. The van der Waals surface area contributed by atoms with Gasteiger partial charge in [0.2, 0.25) is 5.91 Å². The molecule has 2 heterocycles. The predicted molar refractivity (Wildman–Crippen MR) is 109 cm³/mol. The van der Waals surface area contributed by atoms with Crippen LogP contribution in [0.25, 0.3) is 5.57 Å². The number of amides is 1. The van der Waals surface area contributed by atoms with Gasteiger partial charge in [-0.15, -0.1) is 0 Å². The van der Waals surface area contributed by atoms with Crippen LogP contribution in [0.5, 0.6) is 0 Å². The first kappa shape index (κ1) is 21.5. The highest BCUT2D eigenvalue weighted by Gasteiger charge is 2.36. The molecule has 0 aliphatic carbocycles. The first-order chi connectivity index (χ1) is 14.4. The van der Waals surface area contributed by atoms with E-state index in [0.717, 1.165) is 6.21 Å². The van der Waals surface area contributed by atoms with E-state index < -0.39 is 12.3 Å². The molecule has 1 saturated heterocycles. The van der Waals surface area contributed by atoms with Crippen LogP contribution >= 0.6 is 11.6 Å². The SMILES string of the molecule is N=C/C(=C\C=[NH2+])c1[nH]nc(N2CCC(Cc3ccc(Cl)cc3C(F)F)C2=O)c1C=O. The molecule has 0 bridgehead atoms. The summed E-state index contributed by atoms with van der Waals surface area (Å²) in [6.45, 7) is 0.291. The summed E-state index contributed by atoms with van der Waals surface area (Å²) in [6.07, 6.45) is 2.07. The second-order valence-electron chi connectivity index (χ2n) is 6.74. The van der Waals surface area contributed by atoms with Gasteiger partial charge in [-0.25, -0.2) is 8.78 Å². The number of hydrogen-bond acceptors (Lipinski definition) is 4. The highest BCUT2D eigenvalue weighted by Crippen LogP contribution is 2.33. The predicted octanol–water partition coefficient (Wildman–Crippen LogP) is 2.27. The van der Waals surface area contributed by atoms with E-state index in [1.54, 1.807) is 0 Å². The quantitative estimate of drug-likeness (QED) is 0.437. The van der Waals surface area contributed by atoms with E-state index in [4.69, 9.17) is 22.4 Å². The van der Waals surface area contributed by atoms with E-state index in [0.29, 0.717) is 30.4 Å². The molecule has 1 amide bonds. The van der Waals surface area contributed by atoms with E-state index in [1.165, 1.54) is 35.4 Å². The van der Waals surface area contributed by atoms with Crippen LogP contribution < -0.4 is 10.3 Å². The number of benzene rings is 1. The van der Waals surface area contributed by atoms with E-state index in [-0.39, 0.29) is 40.0 Å². The summed E-state index contributed by atoms with van der Waals surface area (Å²) in [7, 11) is 0. The van der Waals surface area contributed by atoms with Gasteiger partial charge in [0.25, 0.3) is 6.43 Å². The Balaban J connectivity index is 1.87. The Morgan fingerprint density at radius 1 is 1.47 bits per heavy atom. The number of carbonyl (C=O) groups is 2. The molecular weight excluding hydrogens is 416 g/mol. The number of allylic oxidation sites excluding steroid dienone is 2. The Morgan fingerprint density at radius 2 is 2.23 bits per heavy atom. The number of aromatic nitrogens is 2. The summed E-state index contributed by atoms with van der Waals surface area (Å²) in [5.74, 6) is -0.696. The molecule has 1 fully saturated rings. The monoisotopic (exact) mass is 434 g/mol. The van der Waals surface area contributed by atoms with Crippen molar-refractivity contribution in [2.24, 2.45) is 5.92 Å². The van der Waals surface area contributed by atoms with Crippen LogP contribution in [0.3, 0.4) is 0 Å². The zero-order valence-electron chi connectivity index (χ0n) is 15.7. The number of nitrogens with two attached hydrogens (primary N) is 1. The number of aldehydes is 1. The molecule has 30 heavy (non-hydrogen) atoms. The normalized spacial score (nSPS) is 16.9. The maximum absolute atomic E-state index is 13.4. The maximum atomic E-state index is 13.4. The molecule has 0 radical (unpaired) electrons. The number of nitrogens with zero attached hydrogens (tertiary/aromatic N) is 2. The molecule has 2 aromatic rings. The fraction of sp³-hybridized carbons (Fsp3) is 0.250. The van der Waals surface area contributed by atoms with Crippen molar-refractivity contribution >= 4 is 47.6 Å². The Kier molecular flexibility index (Phi) is 6.51. The van der Waals surface area contributed by atoms with Crippen molar-refractivity contribution in [3.63, 3.8) is 0 Å². The molecule has 3 rings (SSSR count). The van der Waals surface area contributed by atoms with Gasteiger partial charge < -0.3 is 5.41 Å². The molecule has 156 valence electrons. The van der Waals surface area contributed by atoms with Gasteiger partial charge in [-0.3, -0.25) is 25.0 Å². The van der Waals surface area contributed by atoms with Crippen molar-refractivity contribution in [1.29, 1.82) is 5.41 Å². The summed E-state index contributed by atoms with van der Waals surface area (Å²) in [6, 6.07) is 4.24. The van der Waals surface area contributed by atoms with E-state index in [9.17, 15) is 18.4 Å². The van der Waals surface area contributed by atoms with Crippen molar-refractivity contribution < 1.29 is 23.8 Å². The first-order valence-electron chi connectivity index (χ1n) is 9.08. The van der Waals surface area contributed by atoms with Crippen LogP contribution in [0.1, 0.15) is 40.0 Å². The number of hydrogen-bond donors (Lipinski definition) is 3. The second-order valence-corrected chi connectivity index (χ2v) is 7.17. The molecule has 0 spiro atoms. The standard InChI is InChI=1S/C20H18ClF2N5O2/c21-14-2-1-11(15(8-14)18(22)23)7-12-4-6-28(20(12)30)19-16(10-29)17(26-27-19)13(9-25)3-5-24/h1-3,5,8-10,12,18,24-25H,4,6-7H2,(H,26,27)/p+1/b13-3+,24-5?,25-9?. The molecule has 1 aromatic carbocycles. The Bertz CT molecular complexity index is 1030. The molecular formula is C20H19ClF2N5O2+. The molecule has 7 nitrogen and oxygen atoms in total. The molecule has 1 unspecified atom stereocenters. The van der Waals surface area contributed by atoms with Crippen LogP contribution in [0.4, 0.5) is 14.6 Å². The highest BCUT2D eigenvalue weighted by atomic mass is 35.5. The number of nitrogens with one attached hydrogen (secondary N) is 2. The lowest BCUT2D eigenvalue weighted by Crippen LogP contribution is -2.29. The van der Waals surface area contributed by atoms with Gasteiger partial charge in [0, 0.05) is 40.9 Å². The second kappa shape index (κ2) is 9.08. The minimum absolute atomic E-state index is 0.125. The van der Waals surface area contributed by atoms with Gasteiger partial charge in [-0.2, -0.15) is 5.10 Å². The molecule has 4 N–H and O–H groups in total. The van der Waals surface area contributed by atoms with Crippen LogP contribution in [0.15, 0.2) is 24.3 Å². The van der Waals surface area contributed by atoms with Crippen molar-refractivity contribution in [1.82, 2.24) is 10.2 Å². The third-order valence-corrected chi connectivity index (χ3v) is 5.24. The van der Waals surface area contributed by atoms with Gasteiger partial charge in [-0.05, 0) is 30.5 Å². The summed E-state index contributed by atoms with van der Waals surface area (Å²) < 4.78 is 26.7. The van der Waals surface area contributed by atoms with Crippen LogP contribution in [-0.4, -0.2) is 41.4 Å². The Labute approximate surface area is 175 Å². The fourth-order valence-electron chi connectivity index (χ4n) is 3.54. The number of aromatic amines is 1. The van der Waals surface area contributed by atoms with Crippen LogP contribution in [-0.2, 0) is 11.2 Å². The van der Waals surface area contributed by atoms with Crippen LogP contribution in [0, 0.1) is 11.3 Å². The van der Waals surface area contributed by atoms with Crippen LogP contribution in [0.2, 0.25) is 5.02 Å². The lowest BCUT2D eigenvalue weighted by Gasteiger charge is -2.16. The average molecular weight is 435 g/mol. The number of rotatable bonds is 8. The Morgan fingerprint density at radius 3 is 2.87 bits per heavy atom. The van der Waals surface area contributed by atoms with Gasteiger partial charge in [-0.1, -0.05) is 17.7 Å². The maximum Gasteiger partial charge on any atom is 0.264 e. The molecule has 10 heteroatoms. The smallest absolute Gasteiger partial charge is 0.264 e. The Hall–Kier alpha value is -3.20. The first-order valence-corrected chi connectivity index (χ1v) is 9.46. The summed E-state index contributed by atoms with van der Waals surface area (Å²) in [5.41, 5.74) is 0.888. The van der Waals surface area contributed by atoms with Gasteiger partial charge in [0.15, 0.2) is 18.3 Å². The highest BCUT2D eigenvalue weighted by molar-refractivity contribution is 6.30. The third kappa shape index (κ3) is 4.06. The zero-order chi connectivity index (χ0) is 21.8. The largest absolute Gasteiger partial charge is 0.308 e. The van der Waals surface area contributed by atoms with Gasteiger partial charge in [0.05, 0.1) is 11.3 Å². The molecule has 1 atom stereocenters. The fourth-order valence-corrected chi connectivity index (χ4v) is 3.73. The van der Waals surface area contributed by atoms with Gasteiger partial charge in [0.1, 0.15) is 0 Å². The molecule has 1 aliphatic heterocycles. The molecule has 1 aliphatic rings.